The SMILES string of the molecule is COc1ccc(-c2cn3cccc(C)c3n2)cc1NS(=O)(=O)c1ccc(NC(C)=O)cc1. The summed E-state index contributed by atoms with van der Waals surface area (Å²) in [6.45, 7) is 3.37. The fourth-order valence-corrected chi connectivity index (χ4v) is 4.43. The van der Waals surface area contributed by atoms with Gasteiger partial charge in [0.05, 0.1) is 23.4 Å². The number of amides is 1. The number of carbonyl (C=O) groups is 1. The maximum atomic E-state index is 13.0. The van der Waals surface area contributed by atoms with Gasteiger partial charge in [-0.3, -0.25) is 9.52 Å². The second-order valence-corrected chi connectivity index (χ2v) is 8.96. The first kappa shape index (κ1) is 21.4. The molecule has 2 aromatic carbocycles. The molecule has 1 amide bonds. The lowest BCUT2D eigenvalue weighted by molar-refractivity contribution is -0.114. The van der Waals surface area contributed by atoms with E-state index in [-0.39, 0.29) is 10.8 Å². The van der Waals surface area contributed by atoms with Gasteiger partial charge < -0.3 is 14.5 Å². The van der Waals surface area contributed by atoms with Gasteiger partial charge in [0.2, 0.25) is 5.91 Å². The van der Waals surface area contributed by atoms with E-state index in [0.29, 0.717) is 22.8 Å². The summed E-state index contributed by atoms with van der Waals surface area (Å²) in [5.74, 6) is 0.148. The molecule has 0 spiro atoms. The summed E-state index contributed by atoms with van der Waals surface area (Å²) in [6.07, 6.45) is 3.81. The zero-order valence-electron chi connectivity index (χ0n) is 17.8. The third-order valence-electron chi connectivity index (χ3n) is 4.90. The van der Waals surface area contributed by atoms with Gasteiger partial charge in [0.1, 0.15) is 11.4 Å². The Morgan fingerprint density at radius 3 is 2.50 bits per heavy atom. The first-order valence-electron chi connectivity index (χ1n) is 9.80. The molecule has 2 heterocycles. The van der Waals surface area contributed by atoms with Crippen molar-refractivity contribution in [3.05, 3.63) is 72.6 Å². The van der Waals surface area contributed by atoms with Crippen LogP contribution in [0.5, 0.6) is 5.75 Å². The van der Waals surface area contributed by atoms with Gasteiger partial charge in [-0.15, -0.1) is 0 Å². The number of nitrogens with one attached hydrogen (secondary N) is 2. The highest BCUT2D eigenvalue weighted by atomic mass is 32.2. The van der Waals surface area contributed by atoms with E-state index in [0.717, 1.165) is 16.8 Å². The number of fused-ring (bicyclic) bond motifs is 1. The predicted octanol–water partition coefficient (Wildman–Crippen LogP) is 4.08. The Labute approximate surface area is 185 Å². The summed E-state index contributed by atoms with van der Waals surface area (Å²) in [6, 6.07) is 15.1. The standard InChI is InChI=1S/C23H22N4O4S/c1-15-5-4-12-27-14-21(25-23(15)27)17-6-11-22(31-3)20(13-17)26-32(29,30)19-9-7-18(8-10-19)24-16(2)28/h4-14,26H,1-3H3,(H,24,28). The number of rotatable bonds is 6. The number of imidazole rings is 1. The van der Waals surface area contributed by atoms with E-state index < -0.39 is 10.0 Å². The minimum Gasteiger partial charge on any atom is -0.495 e. The Bertz CT molecular complexity index is 1410. The van der Waals surface area contributed by atoms with E-state index in [1.807, 2.05) is 41.9 Å². The van der Waals surface area contributed by atoms with Crippen LogP contribution in [0.2, 0.25) is 0 Å². The van der Waals surface area contributed by atoms with E-state index in [4.69, 9.17) is 4.74 Å². The molecular weight excluding hydrogens is 428 g/mol. The average molecular weight is 451 g/mol. The Balaban J connectivity index is 1.68. The number of sulfonamides is 1. The van der Waals surface area contributed by atoms with Crippen LogP contribution in [0, 0.1) is 6.92 Å². The molecule has 32 heavy (non-hydrogen) atoms. The number of methoxy groups -OCH3 is 1. The van der Waals surface area contributed by atoms with Gasteiger partial charge in [-0.1, -0.05) is 6.07 Å². The van der Waals surface area contributed by atoms with Gasteiger partial charge in [-0.25, -0.2) is 13.4 Å². The second-order valence-electron chi connectivity index (χ2n) is 7.27. The predicted molar refractivity (Wildman–Crippen MR) is 123 cm³/mol. The van der Waals surface area contributed by atoms with Gasteiger partial charge in [0, 0.05) is 30.6 Å². The molecule has 8 nitrogen and oxygen atoms in total. The summed E-state index contributed by atoms with van der Waals surface area (Å²) < 4.78 is 35.8. The summed E-state index contributed by atoms with van der Waals surface area (Å²) in [4.78, 5) is 15.9. The summed E-state index contributed by atoms with van der Waals surface area (Å²) >= 11 is 0. The first-order chi connectivity index (χ1) is 15.3. The Morgan fingerprint density at radius 1 is 1.09 bits per heavy atom. The van der Waals surface area contributed by atoms with Crippen molar-refractivity contribution in [3.8, 4) is 17.0 Å². The Hall–Kier alpha value is -3.85. The highest BCUT2D eigenvalue weighted by Gasteiger charge is 2.18. The number of ether oxygens (including phenoxy) is 1. The van der Waals surface area contributed by atoms with Crippen LogP contribution in [0.15, 0.2) is 71.9 Å². The van der Waals surface area contributed by atoms with Gasteiger partial charge in [-0.2, -0.15) is 0 Å². The van der Waals surface area contributed by atoms with Crippen molar-refractivity contribution in [1.82, 2.24) is 9.38 Å². The van der Waals surface area contributed by atoms with E-state index in [1.54, 1.807) is 12.1 Å². The van der Waals surface area contributed by atoms with E-state index in [9.17, 15) is 13.2 Å². The molecule has 0 atom stereocenters. The number of carbonyl (C=O) groups excluding carboxylic acids is 1. The molecule has 2 aromatic heterocycles. The molecule has 0 aliphatic carbocycles. The Morgan fingerprint density at radius 2 is 1.84 bits per heavy atom. The minimum absolute atomic E-state index is 0.0578. The van der Waals surface area contributed by atoms with Crippen molar-refractivity contribution < 1.29 is 17.9 Å². The maximum Gasteiger partial charge on any atom is 0.262 e. The molecule has 4 aromatic rings. The van der Waals surface area contributed by atoms with Crippen molar-refractivity contribution in [2.75, 3.05) is 17.1 Å². The maximum absolute atomic E-state index is 13.0. The van der Waals surface area contributed by atoms with Gasteiger partial charge in [-0.05, 0) is 61.0 Å². The molecule has 2 N–H and O–H groups in total. The lowest BCUT2D eigenvalue weighted by Crippen LogP contribution is -2.14. The molecule has 0 saturated heterocycles. The fourth-order valence-electron chi connectivity index (χ4n) is 3.36. The zero-order chi connectivity index (χ0) is 22.9. The van der Waals surface area contributed by atoms with Crippen LogP contribution >= 0.6 is 0 Å². The number of anilines is 2. The van der Waals surface area contributed by atoms with Crippen molar-refractivity contribution in [3.63, 3.8) is 0 Å². The van der Waals surface area contributed by atoms with Gasteiger partial charge >= 0.3 is 0 Å². The first-order valence-corrected chi connectivity index (χ1v) is 11.3. The van der Waals surface area contributed by atoms with Crippen LogP contribution < -0.4 is 14.8 Å². The smallest absolute Gasteiger partial charge is 0.262 e. The van der Waals surface area contributed by atoms with Crippen molar-refractivity contribution in [2.45, 2.75) is 18.7 Å². The van der Waals surface area contributed by atoms with E-state index >= 15 is 0 Å². The molecule has 4 rings (SSSR count). The highest BCUT2D eigenvalue weighted by molar-refractivity contribution is 7.92. The second kappa shape index (κ2) is 8.35. The van der Waals surface area contributed by atoms with E-state index in [1.165, 1.54) is 38.3 Å². The molecule has 9 heteroatoms. The average Bonchev–Trinajstić information content (AvgIpc) is 3.19. The molecule has 0 radical (unpaired) electrons. The summed E-state index contributed by atoms with van der Waals surface area (Å²) in [7, 11) is -2.41. The lowest BCUT2D eigenvalue weighted by Gasteiger charge is -2.13. The molecule has 0 saturated carbocycles. The molecule has 0 bridgehead atoms. The van der Waals surface area contributed by atoms with Crippen molar-refractivity contribution in [1.29, 1.82) is 0 Å². The molecule has 0 aliphatic heterocycles. The summed E-state index contributed by atoms with van der Waals surface area (Å²) in [5, 5.41) is 2.61. The van der Waals surface area contributed by atoms with Crippen LogP contribution in [-0.2, 0) is 14.8 Å². The van der Waals surface area contributed by atoms with Crippen LogP contribution in [0.4, 0.5) is 11.4 Å². The monoisotopic (exact) mass is 450 g/mol. The molecule has 0 fully saturated rings. The quantitative estimate of drug-likeness (QED) is 0.461. The van der Waals surface area contributed by atoms with Gasteiger partial charge in [0.15, 0.2) is 0 Å². The largest absolute Gasteiger partial charge is 0.495 e. The summed E-state index contributed by atoms with van der Waals surface area (Å²) in [5.41, 5.74) is 4.13. The number of aromatic nitrogens is 2. The third kappa shape index (κ3) is 4.28. The third-order valence-corrected chi connectivity index (χ3v) is 6.28. The topological polar surface area (TPSA) is 102 Å². The van der Waals surface area contributed by atoms with Crippen LogP contribution in [0.25, 0.3) is 16.9 Å². The number of nitrogens with zero attached hydrogens (tertiary/aromatic N) is 2. The minimum atomic E-state index is -3.89. The normalized spacial score (nSPS) is 11.3. The number of pyridine rings is 1. The molecule has 0 aliphatic rings. The van der Waals surface area contributed by atoms with Crippen molar-refractivity contribution >= 4 is 33.0 Å². The number of aryl methyl sites for hydroxylation is 1. The fraction of sp³-hybridized carbons (Fsp3) is 0.130. The zero-order valence-corrected chi connectivity index (χ0v) is 18.6. The molecular formula is C23H22N4O4S. The van der Waals surface area contributed by atoms with Gasteiger partial charge in [0.25, 0.3) is 10.0 Å². The number of benzene rings is 2. The molecule has 164 valence electrons. The number of hydrogen-bond donors (Lipinski definition) is 2. The lowest BCUT2D eigenvalue weighted by atomic mass is 10.1. The highest BCUT2D eigenvalue weighted by Crippen LogP contribution is 2.32. The number of hydrogen-bond acceptors (Lipinski definition) is 5. The van der Waals surface area contributed by atoms with Crippen LogP contribution in [0.3, 0.4) is 0 Å². The van der Waals surface area contributed by atoms with Crippen molar-refractivity contribution in [2.24, 2.45) is 0 Å². The van der Waals surface area contributed by atoms with E-state index in [2.05, 4.69) is 15.0 Å². The molecule has 0 unspecified atom stereocenters. The van der Waals surface area contributed by atoms with Crippen LogP contribution in [0.1, 0.15) is 12.5 Å². The Kier molecular flexibility index (Phi) is 5.58. The van der Waals surface area contributed by atoms with Crippen LogP contribution in [-0.4, -0.2) is 30.8 Å².